The highest BCUT2D eigenvalue weighted by molar-refractivity contribution is 6.28. The van der Waals surface area contributed by atoms with Gasteiger partial charge in [-0.05, 0) is 41.3 Å². The average molecular weight is 361 g/mol. The summed E-state index contributed by atoms with van der Waals surface area (Å²) in [6.45, 7) is 3.61. The Labute approximate surface area is 152 Å². The number of benzene rings is 1. The molecule has 0 radical (unpaired) electrons. The molecule has 132 valence electrons. The quantitative estimate of drug-likeness (QED) is 0.801. The van der Waals surface area contributed by atoms with E-state index < -0.39 is 0 Å². The zero-order valence-electron chi connectivity index (χ0n) is 14.1. The zero-order valence-corrected chi connectivity index (χ0v) is 14.8. The molecule has 2 atom stereocenters. The lowest BCUT2D eigenvalue weighted by Gasteiger charge is -2.18. The number of ether oxygens (including phenoxy) is 1. The highest BCUT2D eigenvalue weighted by atomic mass is 35.5. The minimum atomic E-state index is -0.288. The van der Waals surface area contributed by atoms with Gasteiger partial charge in [0.05, 0.1) is 6.54 Å². The largest absolute Gasteiger partial charge is 0.489 e. The summed E-state index contributed by atoms with van der Waals surface area (Å²) >= 11 is 5.85. The van der Waals surface area contributed by atoms with Crippen LogP contribution in [0.15, 0.2) is 36.5 Å². The van der Waals surface area contributed by atoms with Crippen LogP contribution in [0.25, 0.3) is 0 Å². The molecular weight excluding hydrogens is 340 g/mol. The molecule has 1 aromatic heterocycles. The van der Waals surface area contributed by atoms with Crippen LogP contribution >= 0.6 is 11.6 Å². The SMILES string of the molecule is C[C@@H](CC(N)=O)c1ccc(O[C@@H]2CCN(c3ccnc(Cl)n3)C2)cc1. The summed E-state index contributed by atoms with van der Waals surface area (Å²) in [5.41, 5.74) is 6.33. The molecule has 0 saturated carbocycles. The summed E-state index contributed by atoms with van der Waals surface area (Å²) in [4.78, 5) is 21.3. The molecule has 1 aliphatic rings. The molecule has 6 nitrogen and oxygen atoms in total. The van der Waals surface area contributed by atoms with E-state index in [-0.39, 0.29) is 23.2 Å². The number of hydrogen-bond donors (Lipinski definition) is 1. The fourth-order valence-corrected chi connectivity index (χ4v) is 3.16. The van der Waals surface area contributed by atoms with Crippen LogP contribution in [0, 0.1) is 0 Å². The number of aromatic nitrogens is 2. The highest BCUT2D eigenvalue weighted by Gasteiger charge is 2.25. The van der Waals surface area contributed by atoms with Crippen molar-refractivity contribution in [2.45, 2.75) is 31.8 Å². The third kappa shape index (κ3) is 4.60. The molecule has 0 aliphatic carbocycles. The summed E-state index contributed by atoms with van der Waals surface area (Å²) < 4.78 is 6.06. The molecule has 2 N–H and O–H groups in total. The third-order valence-electron chi connectivity index (χ3n) is 4.34. The Bertz CT molecular complexity index is 738. The standard InChI is InChI=1S/C18H21ClN4O2/c1-12(10-16(20)24)13-2-4-14(5-3-13)25-15-7-9-23(11-15)17-6-8-21-18(19)22-17/h2-6,8,12,15H,7,9-11H2,1H3,(H2,20,24)/t12-,15+/m0/s1. The molecule has 0 unspecified atom stereocenters. The average Bonchev–Trinajstić information content (AvgIpc) is 3.03. The van der Waals surface area contributed by atoms with Gasteiger partial charge in [0.25, 0.3) is 0 Å². The minimum Gasteiger partial charge on any atom is -0.489 e. The first-order chi connectivity index (χ1) is 12.0. The number of carbonyl (C=O) groups excluding carboxylic acids is 1. The molecule has 0 bridgehead atoms. The van der Waals surface area contributed by atoms with Crippen molar-refractivity contribution >= 4 is 23.3 Å². The maximum atomic E-state index is 11.0. The van der Waals surface area contributed by atoms with Crippen molar-refractivity contribution in [2.75, 3.05) is 18.0 Å². The number of nitrogens with two attached hydrogens (primary N) is 1. The van der Waals surface area contributed by atoms with E-state index in [1.807, 2.05) is 37.3 Å². The predicted molar refractivity (Wildman–Crippen MR) is 97.0 cm³/mol. The minimum absolute atomic E-state index is 0.0997. The van der Waals surface area contributed by atoms with Crippen molar-refractivity contribution in [1.82, 2.24) is 9.97 Å². The second-order valence-corrected chi connectivity index (χ2v) is 6.64. The first kappa shape index (κ1) is 17.5. The molecule has 2 aromatic rings. The Morgan fingerprint density at radius 3 is 2.84 bits per heavy atom. The number of primary amides is 1. The molecule has 1 aromatic carbocycles. The van der Waals surface area contributed by atoms with Crippen molar-refractivity contribution in [3.05, 3.63) is 47.4 Å². The van der Waals surface area contributed by atoms with Crippen LogP contribution in [-0.2, 0) is 4.79 Å². The smallest absolute Gasteiger partial charge is 0.224 e. The van der Waals surface area contributed by atoms with Gasteiger partial charge in [-0.25, -0.2) is 9.97 Å². The molecule has 25 heavy (non-hydrogen) atoms. The van der Waals surface area contributed by atoms with E-state index in [4.69, 9.17) is 22.1 Å². The number of amides is 1. The Morgan fingerprint density at radius 2 is 2.16 bits per heavy atom. The van der Waals surface area contributed by atoms with Crippen molar-refractivity contribution in [3.8, 4) is 5.75 Å². The van der Waals surface area contributed by atoms with E-state index in [0.29, 0.717) is 6.42 Å². The second kappa shape index (κ2) is 7.70. The van der Waals surface area contributed by atoms with Crippen molar-refractivity contribution in [2.24, 2.45) is 5.73 Å². The summed E-state index contributed by atoms with van der Waals surface area (Å²) in [6.07, 6.45) is 3.02. The molecule has 2 heterocycles. The van der Waals surface area contributed by atoms with Gasteiger partial charge in [0.2, 0.25) is 11.2 Å². The van der Waals surface area contributed by atoms with Crippen LogP contribution in [0.5, 0.6) is 5.75 Å². The van der Waals surface area contributed by atoms with E-state index in [1.54, 1.807) is 6.20 Å². The fourth-order valence-electron chi connectivity index (χ4n) is 3.02. The van der Waals surface area contributed by atoms with Crippen LogP contribution in [0.3, 0.4) is 0 Å². The van der Waals surface area contributed by atoms with Gasteiger partial charge in [0, 0.05) is 25.6 Å². The number of carbonyl (C=O) groups is 1. The van der Waals surface area contributed by atoms with Crippen LogP contribution in [0.4, 0.5) is 5.82 Å². The van der Waals surface area contributed by atoms with Gasteiger partial charge in [-0.3, -0.25) is 4.79 Å². The van der Waals surface area contributed by atoms with Gasteiger partial charge < -0.3 is 15.4 Å². The van der Waals surface area contributed by atoms with E-state index in [0.717, 1.165) is 36.6 Å². The number of anilines is 1. The molecule has 1 amide bonds. The van der Waals surface area contributed by atoms with E-state index >= 15 is 0 Å². The van der Waals surface area contributed by atoms with Crippen LogP contribution in [0.2, 0.25) is 5.28 Å². The normalized spacial score (nSPS) is 18.2. The Hall–Kier alpha value is -2.34. The van der Waals surface area contributed by atoms with Gasteiger partial charge in [-0.1, -0.05) is 19.1 Å². The lowest BCUT2D eigenvalue weighted by Crippen LogP contribution is -2.25. The first-order valence-corrected chi connectivity index (χ1v) is 8.67. The van der Waals surface area contributed by atoms with E-state index in [1.165, 1.54) is 0 Å². The highest BCUT2D eigenvalue weighted by Crippen LogP contribution is 2.25. The van der Waals surface area contributed by atoms with Crippen LogP contribution in [0.1, 0.15) is 31.2 Å². The third-order valence-corrected chi connectivity index (χ3v) is 4.52. The Balaban J connectivity index is 1.57. The van der Waals surface area contributed by atoms with Crippen LogP contribution < -0.4 is 15.4 Å². The van der Waals surface area contributed by atoms with Crippen molar-refractivity contribution in [1.29, 1.82) is 0 Å². The second-order valence-electron chi connectivity index (χ2n) is 6.30. The van der Waals surface area contributed by atoms with E-state index in [2.05, 4.69) is 14.9 Å². The zero-order chi connectivity index (χ0) is 17.8. The molecule has 1 aliphatic heterocycles. The lowest BCUT2D eigenvalue weighted by atomic mass is 9.97. The maximum Gasteiger partial charge on any atom is 0.224 e. The topological polar surface area (TPSA) is 81.3 Å². The molecule has 1 saturated heterocycles. The molecular formula is C18H21ClN4O2. The van der Waals surface area contributed by atoms with Gasteiger partial charge >= 0.3 is 0 Å². The van der Waals surface area contributed by atoms with Gasteiger partial charge in [0.15, 0.2) is 0 Å². The summed E-state index contributed by atoms with van der Waals surface area (Å²) in [6, 6.07) is 9.71. The maximum absolute atomic E-state index is 11.0. The number of rotatable bonds is 6. The lowest BCUT2D eigenvalue weighted by molar-refractivity contribution is -0.118. The van der Waals surface area contributed by atoms with Crippen LogP contribution in [-0.4, -0.2) is 35.1 Å². The predicted octanol–water partition coefficient (Wildman–Crippen LogP) is 2.77. The molecule has 1 fully saturated rings. The van der Waals surface area contributed by atoms with Gasteiger partial charge in [0.1, 0.15) is 17.7 Å². The van der Waals surface area contributed by atoms with Crippen molar-refractivity contribution in [3.63, 3.8) is 0 Å². The summed E-state index contributed by atoms with van der Waals surface area (Å²) in [5, 5.41) is 0.252. The van der Waals surface area contributed by atoms with Crippen molar-refractivity contribution < 1.29 is 9.53 Å². The van der Waals surface area contributed by atoms with E-state index in [9.17, 15) is 4.79 Å². The van der Waals surface area contributed by atoms with Gasteiger partial charge in [-0.2, -0.15) is 0 Å². The first-order valence-electron chi connectivity index (χ1n) is 8.29. The molecule has 3 rings (SSSR count). The number of nitrogens with zero attached hydrogens (tertiary/aromatic N) is 3. The number of halogens is 1. The Kier molecular flexibility index (Phi) is 5.38. The Morgan fingerprint density at radius 1 is 1.40 bits per heavy atom. The monoisotopic (exact) mass is 360 g/mol. The summed E-state index contributed by atoms with van der Waals surface area (Å²) in [7, 11) is 0. The van der Waals surface area contributed by atoms with Gasteiger partial charge in [-0.15, -0.1) is 0 Å². The fraction of sp³-hybridized carbons (Fsp3) is 0.389. The molecule has 0 spiro atoms. The summed E-state index contributed by atoms with van der Waals surface area (Å²) in [5.74, 6) is 1.46. The number of hydrogen-bond acceptors (Lipinski definition) is 5. The molecule has 7 heteroatoms.